The van der Waals surface area contributed by atoms with E-state index in [9.17, 15) is 4.79 Å². The van der Waals surface area contributed by atoms with Gasteiger partial charge < -0.3 is 19.8 Å². The van der Waals surface area contributed by atoms with Gasteiger partial charge in [0.1, 0.15) is 23.0 Å². The van der Waals surface area contributed by atoms with E-state index in [-0.39, 0.29) is 17.5 Å². The van der Waals surface area contributed by atoms with E-state index in [1.807, 2.05) is 54.6 Å². The number of anilines is 2. The van der Waals surface area contributed by atoms with Gasteiger partial charge >= 0.3 is 6.01 Å². The van der Waals surface area contributed by atoms with Gasteiger partial charge in [0.25, 0.3) is 5.56 Å². The fraction of sp³-hybridized carbons (Fsp3) is 0.200. The minimum absolute atomic E-state index is 0.220. The number of aromatic amines is 1. The number of hydrogen-bond acceptors (Lipinski definition) is 7. The fourth-order valence-corrected chi connectivity index (χ4v) is 5.10. The van der Waals surface area contributed by atoms with E-state index in [1.165, 1.54) is 11.6 Å². The number of benzene rings is 2. The summed E-state index contributed by atoms with van der Waals surface area (Å²) in [7, 11) is 3.12. The van der Waals surface area contributed by atoms with E-state index in [2.05, 4.69) is 32.4 Å². The molecule has 1 aliphatic rings. The number of ether oxygens (including phenoxy) is 2. The van der Waals surface area contributed by atoms with Gasteiger partial charge in [-0.2, -0.15) is 14.6 Å². The van der Waals surface area contributed by atoms with Gasteiger partial charge in [0.05, 0.1) is 25.5 Å². The summed E-state index contributed by atoms with van der Waals surface area (Å²) in [5.74, 6) is 1.91. The summed E-state index contributed by atoms with van der Waals surface area (Å²) in [6.45, 7) is 0. The predicted molar refractivity (Wildman–Crippen MR) is 151 cm³/mol. The van der Waals surface area contributed by atoms with Crippen molar-refractivity contribution in [2.45, 2.75) is 25.2 Å². The summed E-state index contributed by atoms with van der Waals surface area (Å²) in [6.07, 6.45) is 8.87. The van der Waals surface area contributed by atoms with E-state index in [0.717, 1.165) is 36.1 Å². The zero-order valence-corrected chi connectivity index (χ0v) is 21.7. The van der Waals surface area contributed by atoms with Gasteiger partial charge in [-0.3, -0.25) is 4.79 Å². The molecule has 0 amide bonds. The third-order valence-electron chi connectivity index (χ3n) is 6.99. The second kappa shape index (κ2) is 10.4. The number of allylic oxidation sites excluding steroid dienone is 2. The van der Waals surface area contributed by atoms with Crippen LogP contribution in [0, 0.1) is 0 Å². The van der Waals surface area contributed by atoms with Gasteiger partial charge in [-0.05, 0) is 48.9 Å². The summed E-state index contributed by atoms with van der Waals surface area (Å²) in [6, 6.07) is 19.3. The molecule has 9 heteroatoms. The van der Waals surface area contributed by atoms with Crippen molar-refractivity contribution in [3.63, 3.8) is 0 Å². The van der Waals surface area contributed by atoms with Crippen molar-refractivity contribution in [1.82, 2.24) is 24.6 Å². The summed E-state index contributed by atoms with van der Waals surface area (Å²) in [5.41, 5.74) is 4.38. The Kier molecular flexibility index (Phi) is 6.54. The molecule has 0 spiro atoms. The molecule has 6 rings (SSSR count). The summed E-state index contributed by atoms with van der Waals surface area (Å²) < 4.78 is 12.0. The maximum Gasteiger partial charge on any atom is 0.318 e. The lowest BCUT2D eigenvalue weighted by atomic mass is 9.86. The van der Waals surface area contributed by atoms with Gasteiger partial charge in [-0.25, -0.2) is 4.98 Å². The number of aromatic nitrogens is 5. The number of nitrogens with zero attached hydrogens (tertiary/aromatic N) is 4. The molecule has 0 aliphatic heterocycles. The van der Waals surface area contributed by atoms with Gasteiger partial charge in [-0.1, -0.05) is 54.6 Å². The fourth-order valence-electron chi connectivity index (χ4n) is 5.10. The number of hydrogen-bond donors (Lipinski definition) is 2. The van der Waals surface area contributed by atoms with E-state index < -0.39 is 0 Å². The summed E-state index contributed by atoms with van der Waals surface area (Å²) >= 11 is 0. The first kappa shape index (κ1) is 24.4. The number of H-pyrrole nitrogens is 1. The van der Waals surface area contributed by atoms with Crippen molar-refractivity contribution in [3.05, 3.63) is 94.9 Å². The van der Waals surface area contributed by atoms with Crippen molar-refractivity contribution >= 4 is 17.3 Å². The number of nitrogens with one attached hydrogen (secondary N) is 2. The van der Waals surface area contributed by atoms with Crippen molar-refractivity contribution in [3.8, 4) is 34.1 Å². The standard InChI is InChI=1S/C30H28N6O3/c1-38-22-15-13-20(14-16-22)25-27(32-23-17-18-31-30(33-23)39-2)34-28-24(19-9-5-3-6-10-19)26(35-36(28)29(25)37)21-11-7-4-8-12-21/h3-5,7-8,11-19,34H,6,9-10H2,1-2H3,(H,31,32,33). The minimum Gasteiger partial charge on any atom is -0.497 e. The Labute approximate surface area is 225 Å². The zero-order valence-electron chi connectivity index (χ0n) is 21.7. The van der Waals surface area contributed by atoms with Crippen LogP contribution >= 0.6 is 0 Å². The number of fused-ring (bicyclic) bond motifs is 1. The second-order valence-electron chi connectivity index (χ2n) is 9.33. The first-order valence-electron chi connectivity index (χ1n) is 12.8. The lowest BCUT2D eigenvalue weighted by Crippen LogP contribution is -2.20. The van der Waals surface area contributed by atoms with E-state index in [0.29, 0.717) is 34.2 Å². The normalized spacial score (nSPS) is 14.9. The van der Waals surface area contributed by atoms with E-state index >= 15 is 0 Å². The molecule has 0 radical (unpaired) electrons. The first-order valence-corrected chi connectivity index (χ1v) is 12.8. The Morgan fingerprint density at radius 3 is 2.51 bits per heavy atom. The van der Waals surface area contributed by atoms with Crippen LogP contribution in [-0.2, 0) is 0 Å². The highest BCUT2D eigenvalue weighted by Gasteiger charge is 2.27. The van der Waals surface area contributed by atoms with Crippen LogP contribution in [0.5, 0.6) is 11.8 Å². The van der Waals surface area contributed by atoms with Crippen LogP contribution in [0.15, 0.2) is 83.8 Å². The molecule has 5 aromatic rings. The molecule has 39 heavy (non-hydrogen) atoms. The van der Waals surface area contributed by atoms with Crippen LogP contribution in [-0.4, -0.2) is 38.8 Å². The van der Waals surface area contributed by atoms with Crippen molar-refractivity contribution in [1.29, 1.82) is 0 Å². The van der Waals surface area contributed by atoms with E-state index in [1.54, 1.807) is 19.4 Å². The highest BCUT2D eigenvalue weighted by molar-refractivity contribution is 5.81. The van der Waals surface area contributed by atoms with Crippen LogP contribution in [0.1, 0.15) is 30.7 Å². The Bertz CT molecular complexity index is 1710. The summed E-state index contributed by atoms with van der Waals surface area (Å²) in [4.78, 5) is 26.3. The molecule has 0 saturated carbocycles. The van der Waals surface area contributed by atoms with Gasteiger partial charge in [-0.15, -0.1) is 0 Å². The van der Waals surface area contributed by atoms with Gasteiger partial charge in [0, 0.05) is 17.3 Å². The SMILES string of the molecule is COc1ccc(-c2c(Nc3ccnc(OC)n3)[nH]c3c(C4CC=CCC4)c(-c4ccccc4)nn3c2=O)cc1. The maximum absolute atomic E-state index is 14.2. The predicted octanol–water partition coefficient (Wildman–Crippen LogP) is 5.73. The molecule has 2 N–H and O–H groups in total. The van der Waals surface area contributed by atoms with Crippen LogP contribution in [0.4, 0.5) is 11.6 Å². The Hall–Kier alpha value is -4.92. The molecular formula is C30H28N6O3. The highest BCUT2D eigenvalue weighted by Crippen LogP contribution is 2.39. The molecule has 3 aromatic heterocycles. The molecule has 3 heterocycles. The summed E-state index contributed by atoms with van der Waals surface area (Å²) in [5, 5.41) is 8.22. The van der Waals surface area contributed by atoms with Crippen LogP contribution < -0.4 is 20.3 Å². The minimum atomic E-state index is -0.243. The Morgan fingerprint density at radius 1 is 0.974 bits per heavy atom. The Balaban J connectivity index is 1.62. The molecule has 196 valence electrons. The second-order valence-corrected chi connectivity index (χ2v) is 9.33. The van der Waals surface area contributed by atoms with Crippen molar-refractivity contribution in [2.24, 2.45) is 0 Å². The van der Waals surface area contributed by atoms with Crippen LogP contribution in [0.25, 0.3) is 28.0 Å². The highest BCUT2D eigenvalue weighted by atomic mass is 16.5. The average molecular weight is 521 g/mol. The van der Waals surface area contributed by atoms with E-state index in [4.69, 9.17) is 14.6 Å². The number of rotatable bonds is 7. The largest absolute Gasteiger partial charge is 0.497 e. The average Bonchev–Trinajstić information content (AvgIpc) is 3.38. The molecule has 2 aromatic carbocycles. The third-order valence-corrected chi connectivity index (χ3v) is 6.99. The van der Waals surface area contributed by atoms with Gasteiger partial charge in [0.2, 0.25) is 0 Å². The number of methoxy groups -OCH3 is 2. The topological polar surface area (TPSA) is 106 Å². The van der Waals surface area contributed by atoms with Crippen molar-refractivity contribution < 1.29 is 9.47 Å². The monoisotopic (exact) mass is 520 g/mol. The molecule has 1 atom stereocenters. The van der Waals surface area contributed by atoms with Crippen molar-refractivity contribution in [2.75, 3.05) is 19.5 Å². The third kappa shape index (κ3) is 4.63. The molecule has 9 nitrogen and oxygen atoms in total. The molecule has 0 saturated heterocycles. The van der Waals surface area contributed by atoms with Gasteiger partial charge in [0.15, 0.2) is 0 Å². The molecule has 1 aliphatic carbocycles. The molecule has 0 fully saturated rings. The lowest BCUT2D eigenvalue weighted by molar-refractivity contribution is 0.380. The molecule has 1 unspecified atom stereocenters. The smallest absolute Gasteiger partial charge is 0.318 e. The van der Waals surface area contributed by atoms with Crippen LogP contribution in [0.2, 0.25) is 0 Å². The maximum atomic E-state index is 14.2. The molecular weight excluding hydrogens is 492 g/mol. The molecule has 0 bridgehead atoms. The first-order chi connectivity index (χ1) is 19.2. The lowest BCUT2D eigenvalue weighted by Gasteiger charge is -2.19. The zero-order chi connectivity index (χ0) is 26.8. The Morgan fingerprint density at radius 2 is 1.79 bits per heavy atom. The van der Waals surface area contributed by atoms with Crippen LogP contribution in [0.3, 0.4) is 0 Å². The quantitative estimate of drug-likeness (QED) is 0.264.